The van der Waals surface area contributed by atoms with Crippen LogP contribution in [0.3, 0.4) is 0 Å². The van der Waals surface area contributed by atoms with E-state index in [4.69, 9.17) is 5.21 Å². The molecule has 1 aromatic carbocycles. The topological polar surface area (TPSA) is 32.3 Å². The van der Waals surface area contributed by atoms with Crippen LogP contribution in [0.25, 0.3) is 0 Å². The van der Waals surface area contributed by atoms with Crippen LogP contribution in [0.2, 0.25) is 0 Å². The van der Waals surface area contributed by atoms with Crippen LogP contribution in [0.15, 0.2) is 18.2 Å². The Labute approximate surface area is 85.7 Å². The molecule has 0 aliphatic heterocycles. The maximum absolute atomic E-state index is 12.5. The minimum absolute atomic E-state index is 0.177. The molecule has 0 aromatic heterocycles. The summed E-state index contributed by atoms with van der Waals surface area (Å²) in [4.78, 5) is 0. The van der Waals surface area contributed by atoms with Gasteiger partial charge in [-0.2, -0.15) is 18.7 Å². The molecule has 0 saturated carbocycles. The first-order valence-corrected chi connectivity index (χ1v) is 4.43. The smallest absolute Gasteiger partial charge is 0.316 e. The van der Waals surface area contributed by atoms with Gasteiger partial charge in [0.1, 0.15) is 0 Å². The number of halogens is 3. The Hall–Kier alpha value is -1.07. The van der Waals surface area contributed by atoms with E-state index in [0.29, 0.717) is 5.56 Å². The van der Waals surface area contributed by atoms with Crippen LogP contribution >= 0.6 is 0 Å². The zero-order valence-electron chi connectivity index (χ0n) is 8.39. The van der Waals surface area contributed by atoms with Gasteiger partial charge in [0.25, 0.3) is 0 Å². The van der Waals surface area contributed by atoms with Gasteiger partial charge in [-0.1, -0.05) is 12.1 Å². The van der Waals surface area contributed by atoms with Gasteiger partial charge in [0.15, 0.2) is 0 Å². The van der Waals surface area contributed by atoms with Gasteiger partial charge in [0.05, 0.1) is 11.6 Å². The van der Waals surface area contributed by atoms with Crippen LogP contribution < -0.4 is 5.48 Å². The lowest BCUT2D eigenvalue weighted by molar-refractivity contribution is -0.138. The van der Waals surface area contributed by atoms with E-state index in [1.807, 2.05) is 5.48 Å². The van der Waals surface area contributed by atoms with Crippen LogP contribution in [-0.4, -0.2) is 5.21 Å². The van der Waals surface area contributed by atoms with Crippen molar-refractivity contribution in [3.8, 4) is 0 Å². The fourth-order valence-electron chi connectivity index (χ4n) is 1.29. The van der Waals surface area contributed by atoms with Gasteiger partial charge < -0.3 is 5.21 Å². The number of nitrogens with one attached hydrogen (secondary N) is 1. The summed E-state index contributed by atoms with van der Waals surface area (Å²) >= 11 is 0. The molecule has 1 aromatic rings. The number of aryl methyl sites for hydroxylation is 1. The van der Waals surface area contributed by atoms with Crippen molar-refractivity contribution in [2.45, 2.75) is 26.1 Å². The predicted octanol–water partition coefficient (Wildman–Crippen LogP) is 3.05. The Kier molecular flexibility index (Phi) is 3.36. The summed E-state index contributed by atoms with van der Waals surface area (Å²) in [6, 6.07) is 3.47. The van der Waals surface area contributed by atoms with Crippen LogP contribution in [0.1, 0.15) is 29.7 Å². The summed E-state index contributed by atoms with van der Waals surface area (Å²) < 4.78 is 37.5. The number of rotatable bonds is 2. The van der Waals surface area contributed by atoms with Crippen LogP contribution in [0.4, 0.5) is 13.2 Å². The molecule has 2 nitrogen and oxygen atoms in total. The van der Waals surface area contributed by atoms with Gasteiger partial charge in [0.2, 0.25) is 0 Å². The predicted molar refractivity (Wildman–Crippen MR) is 49.5 cm³/mol. The summed E-state index contributed by atoms with van der Waals surface area (Å²) in [5.74, 6) is 0. The molecule has 0 amide bonds. The second-order valence-electron chi connectivity index (χ2n) is 3.42. The van der Waals surface area contributed by atoms with Crippen LogP contribution in [0.5, 0.6) is 0 Å². The molecule has 0 aliphatic rings. The SMILES string of the molecule is Cc1ccc([C@@H](C)NO)cc1C(F)(F)F. The van der Waals surface area contributed by atoms with Gasteiger partial charge in [-0.15, -0.1) is 0 Å². The third kappa shape index (κ3) is 2.70. The molecule has 0 saturated heterocycles. The molecule has 0 spiro atoms. The Morgan fingerprint density at radius 3 is 2.40 bits per heavy atom. The molecule has 0 aliphatic carbocycles. The molecule has 5 heteroatoms. The van der Waals surface area contributed by atoms with Gasteiger partial charge in [-0.05, 0) is 31.0 Å². The zero-order chi connectivity index (χ0) is 11.6. The zero-order valence-corrected chi connectivity index (χ0v) is 8.39. The molecule has 0 fully saturated rings. The molecule has 15 heavy (non-hydrogen) atoms. The normalized spacial score (nSPS) is 14.0. The van der Waals surface area contributed by atoms with E-state index in [2.05, 4.69) is 0 Å². The molecule has 0 unspecified atom stereocenters. The second kappa shape index (κ2) is 4.20. The van der Waals surface area contributed by atoms with Crippen molar-refractivity contribution < 1.29 is 18.4 Å². The first-order valence-electron chi connectivity index (χ1n) is 4.43. The quantitative estimate of drug-likeness (QED) is 0.749. The molecule has 1 rings (SSSR count). The number of hydrogen-bond donors (Lipinski definition) is 2. The molecule has 0 bridgehead atoms. The molecular formula is C10H12F3NO. The van der Waals surface area contributed by atoms with Crippen LogP contribution in [0, 0.1) is 6.92 Å². The van der Waals surface area contributed by atoms with E-state index in [0.717, 1.165) is 6.07 Å². The number of benzene rings is 1. The highest BCUT2D eigenvalue weighted by atomic mass is 19.4. The van der Waals surface area contributed by atoms with Crippen molar-refractivity contribution in [2.75, 3.05) is 0 Å². The van der Waals surface area contributed by atoms with E-state index in [-0.39, 0.29) is 5.56 Å². The van der Waals surface area contributed by atoms with Gasteiger partial charge >= 0.3 is 6.18 Å². The fourth-order valence-corrected chi connectivity index (χ4v) is 1.29. The Balaban J connectivity index is 3.17. The van der Waals surface area contributed by atoms with Gasteiger partial charge in [-0.25, -0.2) is 0 Å². The highest BCUT2D eigenvalue weighted by molar-refractivity contribution is 5.34. The van der Waals surface area contributed by atoms with Gasteiger partial charge in [-0.3, -0.25) is 0 Å². The number of hydrogen-bond acceptors (Lipinski definition) is 2. The Morgan fingerprint density at radius 2 is 1.93 bits per heavy atom. The summed E-state index contributed by atoms with van der Waals surface area (Å²) in [5.41, 5.74) is 1.82. The van der Waals surface area contributed by atoms with E-state index in [9.17, 15) is 13.2 Å². The average Bonchev–Trinajstić information content (AvgIpc) is 2.15. The lowest BCUT2D eigenvalue weighted by Crippen LogP contribution is -2.15. The lowest BCUT2D eigenvalue weighted by Gasteiger charge is -2.15. The van der Waals surface area contributed by atoms with Gasteiger partial charge in [0, 0.05) is 0 Å². The number of alkyl halides is 3. The lowest BCUT2D eigenvalue weighted by atomic mass is 10.0. The minimum Gasteiger partial charge on any atom is -0.316 e. The second-order valence-corrected chi connectivity index (χ2v) is 3.42. The Bertz CT molecular complexity index is 349. The van der Waals surface area contributed by atoms with Crippen molar-refractivity contribution in [2.24, 2.45) is 0 Å². The molecule has 84 valence electrons. The molecule has 1 atom stereocenters. The number of hydroxylamine groups is 1. The average molecular weight is 219 g/mol. The van der Waals surface area contributed by atoms with Crippen molar-refractivity contribution in [1.29, 1.82) is 0 Å². The van der Waals surface area contributed by atoms with Crippen molar-refractivity contribution in [3.05, 3.63) is 34.9 Å². The Morgan fingerprint density at radius 1 is 1.33 bits per heavy atom. The van der Waals surface area contributed by atoms with E-state index >= 15 is 0 Å². The highest BCUT2D eigenvalue weighted by Gasteiger charge is 2.32. The van der Waals surface area contributed by atoms with Crippen LogP contribution in [-0.2, 0) is 6.18 Å². The van der Waals surface area contributed by atoms with Crippen molar-refractivity contribution >= 4 is 0 Å². The summed E-state index contributed by atoms with van der Waals surface area (Å²) in [6.07, 6.45) is -4.35. The third-order valence-corrected chi connectivity index (χ3v) is 2.26. The summed E-state index contributed by atoms with van der Waals surface area (Å²) in [6.45, 7) is 2.98. The monoisotopic (exact) mass is 219 g/mol. The highest BCUT2D eigenvalue weighted by Crippen LogP contribution is 2.33. The van der Waals surface area contributed by atoms with E-state index < -0.39 is 17.8 Å². The molecular weight excluding hydrogens is 207 g/mol. The first kappa shape index (κ1) is 12.0. The van der Waals surface area contributed by atoms with Crippen molar-refractivity contribution in [1.82, 2.24) is 5.48 Å². The fraction of sp³-hybridized carbons (Fsp3) is 0.400. The van der Waals surface area contributed by atoms with E-state index in [1.54, 1.807) is 13.0 Å². The largest absolute Gasteiger partial charge is 0.416 e. The molecule has 2 N–H and O–H groups in total. The molecule has 0 heterocycles. The first-order chi connectivity index (χ1) is 6.86. The summed E-state index contributed by atoms with van der Waals surface area (Å²) in [5, 5.41) is 8.62. The van der Waals surface area contributed by atoms with E-state index in [1.165, 1.54) is 13.0 Å². The minimum atomic E-state index is -4.35. The molecule has 0 radical (unpaired) electrons. The third-order valence-electron chi connectivity index (χ3n) is 2.26. The van der Waals surface area contributed by atoms with Crippen molar-refractivity contribution in [3.63, 3.8) is 0 Å². The standard InChI is InChI=1S/C10H12F3NO/c1-6-3-4-8(7(2)14-15)5-9(6)10(11,12)13/h3-5,7,14-15H,1-2H3/t7-/m1/s1. The maximum Gasteiger partial charge on any atom is 0.416 e. The summed E-state index contributed by atoms with van der Waals surface area (Å²) in [7, 11) is 0. The maximum atomic E-state index is 12.5.